The minimum absolute atomic E-state index is 0.0201. The summed E-state index contributed by atoms with van der Waals surface area (Å²) in [5.74, 6) is 0. The molecule has 2 aromatic carbocycles. The van der Waals surface area contributed by atoms with Crippen molar-refractivity contribution in [2.75, 3.05) is 0 Å². The van der Waals surface area contributed by atoms with Gasteiger partial charge in [0, 0.05) is 21.4 Å². The maximum atomic E-state index is 3.95. The second kappa shape index (κ2) is 6.13. The predicted molar refractivity (Wildman–Crippen MR) is 120 cm³/mol. The zero-order valence-corrected chi connectivity index (χ0v) is 16.9. The maximum Gasteiger partial charge on any atom is 0.0518 e. The molecule has 1 N–H and O–H groups in total. The quantitative estimate of drug-likeness (QED) is 0.606. The normalized spacial score (nSPS) is 17.7. The van der Waals surface area contributed by atoms with Gasteiger partial charge < -0.3 is 4.98 Å². The summed E-state index contributed by atoms with van der Waals surface area (Å²) in [4.78, 5) is 3.74. The average Bonchev–Trinajstić information content (AvgIpc) is 3.11. The molecule has 27 heavy (non-hydrogen) atoms. The van der Waals surface area contributed by atoms with E-state index in [2.05, 4.69) is 94.8 Å². The minimum Gasteiger partial charge on any atom is -0.354 e. The van der Waals surface area contributed by atoms with E-state index >= 15 is 0 Å². The Morgan fingerprint density at radius 1 is 1.07 bits per heavy atom. The van der Waals surface area contributed by atoms with E-state index in [9.17, 15) is 0 Å². The van der Waals surface area contributed by atoms with Crippen molar-refractivity contribution < 1.29 is 0 Å². The highest BCUT2D eigenvalue weighted by Crippen LogP contribution is 2.51. The van der Waals surface area contributed by atoms with E-state index in [4.69, 9.17) is 0 Å². The number of fused-ring (bicyclic) bond motifs is 6. The van der Waals surface area contributed by atoms with Gasteiger partial charge in [0.2, 0.25) is 0 Å². The Hall–Kier alpha value is -2.80. The van der Waals surface area contributed by atoms with Gasteiger partial charge in [-0.1, -0.05) is 80.6 Å². The molecular weight excluding hydrogens is 326 g/mol. The molecule has 0 spiro atoms. The molecule has 0 unspecified atom stereocenters. The zero-order chi connectivity index (χ0) is 19.3. The Morgan fingerprint density at radius 3 is 2.41 bits per heavy atom. The lowest BCUT2D eigenvalue weighted by molar-refractivity contribution is 0.644. The maximum absolute atomic E-state index is 3.95. The van der Waals surface area contributed by atoms with E-state index in [1.165, 1.54) is 49.2 Å². The molecular formula is C26H27N. The van der Waals surface area contributed by atoms with Gasteiger partial charge in [-0.3, -0.25) is 0 Å². The Bertz CT molecular complexity index is 1270. The molecule has 1 aliphatic carbocycles. The number of benzene rings is 2. The van der Waals surface area contributed by atoms with Crippen LogP contribution in [0.5, 0.6) is 0 Å². The molecule has 0 radical (unpaired) electrons. The van der Waals surface area contributed by atoms with Gasteiger partial charge in [0.15, 0.2) is 0 Å². The first-order valence-electron chi connectivity index (χ1n) is 9.67. The van der Waals surface area contributed by atoms with Crippen molar-refractivity contribution in [1.29, 1.82) is 0 Å². The molecule has 3 aromatic rings. The highest BCUT2D eigenvalue weighted by atomic mass is 14.7. The van der Waals surface area contributed by atoms with Gasteiger partial charge in [0.1, 0.15) is 0 Å². The molecule has 136 valence electrons. The van der Waals surface area contributed by atoms with Crippen molar-refractivity contribution in [3.8, 4) is 0 Å². The highest BCUT2D eigenvalue weighted by Gasteiger charge is 2.38. The molecule has 1 aromatic heterocycles. The lowest BCUT2D eigenvalue weighted by Crippen LogP contribution is -2.21. The summed E-state index contributed by atoms with van der Waals surface area (Å²) in [7, 11) is 0. The van der Waals surface area contributed by atoms with Gasteiger partial charge >= 0.3 is 0 Å². The molecule has 4 rings (SSSR count). The van der Waals surface area contributed by atoms with Crippen LogP contribution >= 0.6 is 0 Å². The SMILES string of the molecule is C=C/C=c1\c(=C/C)[nH]c2c3c(c4ccccc4c12)C(/C=C\C)=C(C)C3(C)C. The lowest BCUT2D eigenvalue weighted by atomic mass is 9.80. The van der Waals surface area contributed by atoms with Crippen LogP contribution in [-0.2, 0) is 5.41 Å². The van der Waals surface area contributed by atoms with Crippen LogP contribution in [-0.4, -0.2) is 4.98 Å². The number of rotatable bonds is 2. The lowest BCUT2D eigenvalue weighted by Gasteiger charge is -2.23. The van der Waals surface area contributed by atoms with Crippen LogP contribution in [0.3, 0.4) is 0 Å². The Balaban J connectivity index is 2.40. The third-order valence-corrected chi connectivity index (χ3v) is 6.18. The summed E-state index contributed by atoms with van der Waals surface area (Å²) >= 11 is 0. The molecule has 0 atom stereocenters. The fourth-order valence-electron chi connectivity index (χ4n) is 4.69. The molecule has 1 nitrogen and oxygen atoms in total. The molecule has 1 heterocycles. The van der Waals surface area contributed by atoms with E-state index in [1.807, 2.05) is 6.08 Å². The van der Waals surface area contributed by atoms with Crippen LogP contribution in [0.25, 0.3) is 39.4 Å². The zero-order valence-electron chi connectivity index (χ0n) is 16.9. The summed E-state index contributed by atoms with van der Waals surface area (Å²) in [6.45, 7) is 15.1. The van der Waals surface area contributed by atoms with E-state index in [0.29, 0.717) is 0 Å². The highest BCUT2D eigenvalue weighted by molar-refractivity contribution is 6.16. The molecule has 1 aliphatic rings. The van der Waals surface area contributed by atoms with Gasteiger partial charge in [0.05, 0.1) is 5.52 Å². The smallest absolute Gasteiger partial charge is 0.0518 e. The number of hydrogen-bond acceptors (Lipinski definition) is 0. The summed E-state index contributed by atoms with van der Waals surface area (Å²) in [5, 5.41) is 6.33. The predicted octanol–water partition coefficient (Wildman–Crippen LogP) is 5.73. The van der Waals surface area contributed by atoms with Crippen LogP contribution in [0, 0.1) is 0 Å². The summed E-state index contributed by atoms with van der Waals surface area (Å²) in [6.07, 6.45) is 10.6. The van der Waals surface area contributed by atoms with Gasteiger partial charge in [0.25, 0.3) is 0 Å². The molecule has 0 saturated carbocycles. The molecule has 0 aliphatic heterocycles. The van der Waals surface area contributed by atoms with Crippen LogP contribution in [0.15, 0.2) is 54.6 Å². The van der Waals surface area contributed by atoms with E-state index < -0.39 is 0 Å². The van der Waals surface area contributed by atoms with E-state index in [0.717, 1.165) is 5.35 Å². The largest absolute Gasteiger partial charge is 0.354 e. The topological polar surface area (TPSA) is 15.8 Å². The van der Waals surface area contributed by atoms with Crippen LogP contribution in [0.4, 0.5) is 0 Å². The number of allylic oxidation sites excluding steroid dienone is 5. The third-order valence-electron chi connectivity index (χ3n) is 6.18. The Kier molecular flexibility index (Phi) is 3.99. The van der Waals surface area contributed by atoms with Gasteiger partial charge in [-0.15, -0.1) is 0 Å². The van der Waals surface area contributed by atoms with Gasteiger partial charge in [-0.2, -0.15) is 0 Å². The van der Waals surface area contributed by atoms with Crippen molar-refractivity contribution in [2.45, 2.75) is 40.0 Å². The molecule has 0 bridgehead atoms. The molecule has 0 saturated heterocycles. The van der Waals surface area contributed by atoms with Crippen molar-refractivity contribution in [3.05, 3.63) is 76.3 Å². The Labute approximate surface area is 161 Å². The first kappa shape index (κ1) is 17.6. The third kappa shape index (κ3) is 2.24. The fraction of sp³-hybridized carbons (Fsp3) is 0.231. The standard InChI is InChI=1S/C26H27N/c1-7-12-17-16(4)26(5,6)24-22(17)18-14-10-11-15-19(18)23-20(13-8-2)21(9-3)27-25(23)24/h7-15,27H,2H2,1,3-6H3/b12-7-,20-13+,21-9+. The second-order valence-corrected chi connectivity index (χ2v) is 7.85. The van der Waals surface area contributed by atoms with Crippen molar-refractivity contribution in [3.63, 3.8) is 0 Å². The van der Waals surface area contributed by atoms with Crippen LogP contribution in [0.2, 0.25) is 0 Å². The molecule has 0 fully saturated rings. The first-order chi connectivity index (χ1) is 13.0. The number of aromatic nitrogens is 1. The first-order valence-corrected chi connectivity index (χ1v) is 9.67. The summed E-state index contributed by atoms with van der Waals surface area (Å²) in [5.41, 5.74) is 6.82. The minimum atomic E-state index is -0.0201. The summed E-state index contributed by atoms with van der Waals surface area (Å²) in [6, 6.07) is 8.81. The fourth-order valence-corrected chi connectivity index (χ4v) is 4.69. The van der Waals surface area contributed by atoms with Gasteiger partial charge in [-0.25, -0.2) is 0 Å². The molecule has 1 heteroatoms. The monoisotopic (exact) mass is 353 g/mol. The summed E-state index contributed by atoms with van der Waals surface area (Å²) < 4.78 is 0. The molecule has 0 amide bonds. The Morgan fingerprint density at radius 2 is 1.78 bits per heavy atom. The van der Waals surface area contributed by atoms with Gasteiger partial charge in [-0.05, 0) is 48.2 Å². The van der Waals surface area contributed by atoms with Crippen molar-refractivity contribution in [1.82, 2.24) is 4.98 Å². The number of nitrogens with one attached hydrogen (secondary N) is 1. The van der Waals surface area contributed by atoms with Crippen molar-refractivity contribution >= 4 is 39.4 Å². The second-order valence-electron chi connectivity index (χ2n) is 7.85. The number of H-pyrrole nitrogens is 1. The van der Waals surface area contributed by atoms with E-state index in [1.54, 1.807) is 0 Å². The number of hydrogen-bond donors (Lipinski definition) is 1. The van der Waals surface area contributed by atoms with E-state index in [-0.39, 0.29) is 5.41 Å². The number of aromatic amines is 1. The van der Waals surface area contributed by atoms with Crippen LogP contribution < -0.4 is 10.6 Å². The average molecular weight is 354 g/mol. The van der Waals surface area contributed by atoms with Crippen molar-refractivity contribution in [2.24, 2.45) is 0 Å². The van der Waals surface area contributed by atoms with Crippen LogP contribution in [0.1, 0.15) is 45.7 Å².